The Morgan fingerprint density at radius 1 is 1.14 bits per heavy atom. The van der Waals surface area contributed by atoms with Gasteiger partial charge in [0.2, 0.25) is 0 Å². The van der Waals surface area contributed by atoms with Crippen LogP contribution in [-0.4, -0.2) is 42.2 Å². The van der Waals surface area contributed by atoms with Gasteiger partial charge in [-0.05, 0) is 58.6 Å². The highest BCUT2D eigenvalue weighted by Gasteiger charge is 2.52. The third kappa shape index (κ3) is 2.46. The van der Waals surface area contributed by atoms with E-state index in [1.165, 1.54) is 0 Å². The third-order valence-corrected chi connectivity index (χ3v) is 5.18. The van der Waals surface area contributed by atoms with E-state index in [-0.39, 0.29) is 17.1 Å². The number of aryl methyl sites for hydroxylation is 1. The second kappa shape index (κ2) is 5.10. The van der Waals surface area contributed by atoms with Crippen LogP contribution in [0, 0.1) is 6.92 Å². The molecule has 0 saturated carbocycles. The highest BCUT2D eigenvalue weighted by Crippen LogP contribution is 2.36. The zero-order valence-corrected chi connectivity index (χ0v) is 14.1. The van der Waals surface area contributed by atoms with Crippen molar-refractivity contribution in [3.8, 4) is 0 Å². The van der Waals surface area contributed by atoms with E-state index in [9.17, 15) is 4.79 Å². The number of likely N-dealkylation sites (tertiary alicyclic amines) is 1. The number of rotatable bonds is 2. The van der Waals surface area contributed by atoms with Crippen molar-refractivity contribution in [2.24, 2.45) is 0 Å². The lowest BCUT2D eigenvalue weighted by molar-refractivity contribution is 0.00578. The van der Waals surface area contributed by atoms with E-state index in [1.807, 2.05) is 57.7 Å². The van der Waals surface area contributed by atoms with Crippen molar-refractivity contribution in [3.05, 3.63) is 29.3 Å². The summed E-state index contributed by atoms with van der Waals surface area (Å²) in [6.45, 7) is 11.9. The molecule has 3 rings (SSSR count). The molecule has 2 saturated heterocycles. The van der Waals surface area contributed by atoms with Gasteiger partial charge in [0, 0.05) is 18.7 Å². The SMILES string of the molecule is Cc1ccc(C(=O)N2CCC2)cc1B1OC(C)(C)C(C)(C)O1. The van der Waals surface area contributed by atoms with Crippen LogP contribution in [0.5, 0.6) is 0 Å². The predicted octanol–water partition coefficient (Wildman–Crippen LogP) is 2.14. The Morgan fingerprint density at radius 3 is 2.23 bits per heavy atom. The number of nitrogens with zero attached hydrogens (tertiary/aromatic N) is 1. The molecule has 5 heteroatoms. The Hall–Kier alpha value is -1.33. The Morgan fingerprint density at radius 2 is 1.73 bits per heavy atom. The van der Waals surface area contributed by atoms with Crippen molar-refractivity contribution in [2.75, 3.05) is 13.1 Å². The fraction of sp³-hybridized carbons (Fsp3) is 0.588. The molecule has 2 heterocycles. The van der Waals surface area contributed by atoms with Gasteiger partial charge in [-0.15, -0.1) is 0 Å². The van der Waals surface area contributed by atoms with Gasteiger partial charge in [0.05, 0.1) is 11.2 Å². The minimum Gasteiger partial charge on any atom is -0.399 e. The topological polar surface area (TPSA) is 38.8 Å². The summed E-state index contributed by atoms with van der Waals surface area (Å²) in [6.07, 6.45) is 1.10. The lowest BCUT2D eigenvalue weighted by Gasteiger charge is -2.32. The molecular formula is C17H24BNO3. The molecule has 1 aromatic carbocycles. The molecular weight excluding hydrogens is 277 g/mol. The molecule has 0 unspecified atom stereocenters. The maximum absolute atomic E-state index is 12.4. The van der Waals surface area contributed by atoms with Crippen LogP contribution >= 0.6 is 0 Å². The molecule has 0 spiro atoms. The van der Waals surface area contributed by atoms with E-state index in [1.54, 1.807) is 0 Å². The number of hydrogen-bond donors (Lipinski definition) is 0. The smallest absolute Gasteiger partial charge is 0.399 e. The average Bonchev–Trinajstić information content (AvgIpc) is 2.56. The molecule has 0 aromatic heterocycles. The van der Waals surface area contributed by atoms with E-state index in [4.69, 9.17) is 9.31 Å². The second-order valence-corrected chi connectivity index (χ2v) is 7.31. The Labute approximate surface area is 132 Å². The quantitative estimate of drug-likeness (QED) is 0.786. The molecule has 1 amide bonds. The van der Waals surface area contributed by atoms with Crippen molar-refractivity contribution in [2.45, 2.75) is 52.2 Å². The predicted molar refractivity (Wildman–Crippen MR) is 87.4 cm³/mol. The third-order valence-electron chi connectivity index (χ3n) is 5.18. The van der Waals surface area contributed by atoms with Crippen LogP contribution in [0.25, 0.3) is 0 Å². The number of hydrogen-bond acceptors (Lipinski definition) is 3. The van der Waals surface area contributed by atoms with Gasteiger partial charge in [-0.1, -0.05) is 11.6 Å². The molecule has 118 valence electrons. The van der Waals surface area contributed by atoms with E-state index in [2.05, 4.69) is 0 Å². The fourth-order valence-electron chi connectivity index (χ4n) is 2.70. The summed E-state index contributed by atoms with van der Waals surface area (Å²) >= 11 is 0. The van der Waals surface area contributed by atoms with Gasteiger partial charge in [0.1, 0.15) is 0 Å². The minimum absolute atomic E-state index is 0.101. The summed E-state index contributed by atoms with van der Waals surface area (Å²) in [7, 11) is -0.422. The van der Waals surface area contributed by atoms with Gasteiger partial charge in [-0.2, -0.15) is 0 Å². The summed E-state index contributed by atoms with van der Waals surface area (Å²) in [5.41, 5.74) is 2.00. The first kappa shape index (κ1) is 15.6. The second-order valence-electron chi connectivity index (χ2n) is 7.31. The Bertz CT molecular complexity index is 592. The average molecular weight is 301 g/mol. The van der Waals surface area contributed by atoms with Crippen molar-refractivity contribution in [1.82, 2.24) is 4.90 Å². The molecule has 1 aromatic rings. The minimum atomic E-state index is -0.422. The van der Waals surface area contributed by atoms with Gasteiger partial charge < -0.3 is 14.2 Å². The maximum atomic E-state index is 12.4. The number of amides is 1. The molecule has 0 radical (unpaired) electrons. The zero-order valence-electron chi connectivity index (χ0n) is 14.1. The first-order chi connectivity index (χ1) is 10.2. The number of benzene rings is 1. The zero-order chi connectivity index (χ0) is 16.1. The van der Waals surface area contributed by atoms with Crippen LogP contribution in [0.3, 0.4) is 0 Å². The van der Waals surface area contributed by atoms with E-state index in [0.29, 0.717) is 0 Å². The van der Waals surface area contributed by atoms with E-state index in [0.717, 1.165) is 36.1 Å². The standard InChI is InChI=1S/C17H24BNO3/c1-12-7-8-13(15(20)19-9-6-10-19)11-14(12)18-21-16(2,3)17(4,5)22-18/h7-8,11H,6,9-10H2,1-5H3. The highest BCUT2D eigenvalue weighted by molar-refractivity contribution is 6.62. The first-order valence-corrected chi connectivity index (χ1v) is 7.97. The van der Waals surface area contributed by atoms with Crippen molar-refractivity contribution >= 4 is 18.5 Å². The lowest BCUT2D eigenvalue weighted by Crippen LogP contribution is -2.43. The van der Waals surface area contributed by atoms with Crippen LogP contribution in [-0.2, 0) is 9.31 Å². The van der Waals surface area contributed by atoms with Gasteiger partial charge in [-0.25, -0.2) is 0 Å². The summed E-state index contributed by atoms with van der Waals surface area (Å²) in [5.74, 6) is 0.101. The van der Waals surface area contributed by atoms with Gasteiger partial charge >= 0.3 is 7.12 Å². The summed E-state index contributed by atoms with van der Waals surface area (Å²) in [5, 5.41) is 0. The maximum Gasteiger partial charge on any atom is 0.495 e. The van der Waals surface area contributed by atoms with Crippen LogP contribution < -0.4 is 5.46 Å². The molecule has 2 fully saturated rings. The van der Waals surface area contributed by atoms with E-state index >= 15 is 0 Å². The molecule has 4 nitrogen and oxygen atoms in total. The molecule has 0 N–H and O–H groups in total. The normalized spacial score (nSPS) is 22.6. The van der Waals surface area contributed by atoms with Crippen LogP contribution in [0.1, 0.15) is 50.0 Å². The van der Waals surface area contributed by atoms with Crippen molar-refractivity contribution < 1.29 is 14.1 Å². The highest BCUT2D eigenvalue weighted by atomic mass is 16.7. The first-order valence-electron chi connectivity index (χ1n) is 7.97. The van der Waals surface area contributed by atoms with Crippen LogP contribution in [0.2, 0.25) is 0 Å². The van der Waals surface area contributed by atoms with Crippen LogP contribution in [0.4, 0.5) is 0 Å². The molecule has 0 atom stereocenters. The molecule has 2 aliphatic heterocycles. The van der Waals surface area contributed by atoms with Crippen molar-refractivity contribution in [3.63, 3.8) is 0 Å². The van der Waals surface area contributed by atoms with Gasteiger partial charge in [0.25, 0.3) is 5.91 Å². The molecule has 0 aliphatic carbocycles. The van der Waals surface area contributed by atoms with E-state index < -0.39 is 7.12 Å². The summed E-state index contributed by atoms with van der Waals surface area (Å²) < 4.78 is 12.2. The Balaban J connectivity index is 1.89. The summed E-state index contributed by atoms with van der Waals surface area (Å²) in [4.78, 5) is 14.3. The lowest BCUT2D eigenvalue weighted by atomic mass is 9.75. The number of carbonyl (C=O) groups excluding carboxylic acids is 1. The molecule has 2 aliphatic rings. The van der Waals surface area contributed by atoms with Crippen molar-refractivity contribution in [1.29, 1.82) is 0 Å². The monoisotopic (exact) mass is 301 g/mol. The number of carbonyl (C=O) groups is 1. The largest absolute Gasteiger partial charge is 0.495 e. The molecule has 22 heavy (non-hydrogen) atoms. The molecule has 0 bridgehead atoms. The van der Waals surface area contributed by atoms with Crippen LogP contribution in [0.15, 0.2) is 18.2 Å². The van der Waals surface area contributed by atoms with Gasteiger partial charge in [0.15, 0.2) is 0 Å². The Kier molecular flexibility index (Phi) is 3.61. The summed E-state index contributed by atoms with van der Waals surface area (Å²) in [6, 6.07) is 5.80. The van der Waals surface area contributed by atoms with Gasteiger partial charge in [-0.3, -0.25) is 4.79 Å². The fourth-order valence-corrected chi connectivity index (χ4v) is 2.70.